The molecule has 0 aliphatic heterocycles. The topological polar surface area (TPSA) is 16.4 Å². The lowest BCUT2D eigenvalue weighted by Gasteiger charge is -2.30. The second-order valence-electron chi connectivity index (χ2n) is 14.4. The Hall–Kier alpha value is -7.20. The number of fused-ring (bicyclic) bond motifs is 6. The van der Waals surface area contributed by atoms with Crippen LogP contribution in [0.1, 0.15) is 0 Å². The smallest absolute Gasteiger partial charge is 0.137 e. The van der Waals surface area contributed by atoms with Gasteiger partial charge >= 0.3 is 0 Å². The molecule has 0 N–H and O–H groups in total. The summed E-state index contributed by atoms with van der Waals surface area (Å²) in [6.07, 6.45) is 0. The van der Waals surface area contributed by atoms with E-state index in [1.807, 2.05) is 23.5 Å². The van der Waals surface area contributed by atoms with Gasteiger partial charge in [-0.3, -0.25) is 0 Å². The minimum absolute atomic E-state index is 0.858. The molecular weight excluding hydrogens is 711 g/mol. The molecule has 0 spiro atoms. The summed E-state index contributed by atoms with van der Waals surface area (Å²) in [6, 6.07) is 76.5. The number of hydrogen-bond acceptors (Lipinski definition) is 3. The maximum Gasteiger partial charge on any atom is 0.137 e. The summed E-state index contributed by atoms with van der Waals surface area (Å²) < 4.78 is 9.14. The fraction of sp³-hybridized carbons (Fsp3) is 0. The molecule has 0 aliphatic carbocycles. The van der Waals surface area contributed by atoms with E-state index in [9.17, 15) is 0 Å². The quantitative estimate of drug-likeness (QED) is 0.162. The van der Waals surface area contributed by atoms with Crippen LogP contribution in [0.25, 0.3) is 86.6 Å². The van der Waals surface area contributed by atoms with Gasteiger partial charge < -0.3 is 9.32 Å². The fourth-order valence-electron chi connectivity index (χ4n) is 8.43. The first-order chi connectivity index (χ1) is 28.3. The van der Waals surface area contributed by atoms with Gasteiger partial charge in [0.15, 0.2) is 0 Å². The number of benzene rings is 9. The highest BCUT2D eigenvalue weighted by atomic mass is 32.1. The van der Waals surface area contributed by atoms with Crippen LogP contribution in [0.2, 0.25) is 0 Å². The predicted octanol–water partition coefficient (Wildman–Crippen LogP) is 16.1. The van der Waals surface area contributed by atoms with Crippen molar-refractivity contribution >= 4 is 70.5 Å². The highest BCUT2D eigenvalue weighted by Gasteiger charge is 2.23. The zero-order valence-corrected chi connectivity index (χ0v) is 31.8. The number of furan rings is 1. The van der Waals surface area contributed by atoms with Crippen molar-refractivity contribution in [1.82, 2.24) is 0 Å². The molecule has 2 nitrogen and oxygen atoms in total. The van der Waals surface area contributed by atoms with Crippen LogP contribution in [0.15, 0.2) is 217 Å². The molecule has 11 rings (SSSR count). The largest absolute Gasteiger partial charge is 0.456 e. The van der Waals surface area contributed by atoms with E-state index in [0.29, 0.717) is 0 Å². The fourth-order valence-corrected chi connectivity index (χ4v) is 9.51. The van der Waals surface area contributed by atoms with Crippen molar-refractivity contribution in [3.63, 3.8) is 0 Å². The van der Waals surface area contributed by atoms with E-state index in [1.54, 1.807) is 0 Å². The highest BCUT2D eigenvalue weighted by molar-refractivity contribution is 7.25. The Balaban J connectivity index is 1.14. The van der Waals surface area contributed by atoms with Crippen molar-refractivity contribution in [2.75, 3.05) is 4.90 Å². The lowest BCUT2D eigenvalue weighted by molar-refractivity contribution is 0.669. The molecule has 0 aliphatic rings. The van der Waals surface area contributed by atoms with Crippen LogP contribution in [0, 0.1) is 0 Å². The number of anilines is 3. The van der Waals surface area contributed by atoms with Gasteiger partial charge in [0.05, 0.1) is 5.69 Å². The van der Waals surface area contributed by atoms with Crippen molar-refractivity contribution in [3.8, 4) is 44.5 Å². The molecule has 0 radical (unpaired) electrons. The Morgan fingerprint density at radius 1 is 0.333 bits per heavy atom. The first-order valence-electron chi connectivity index (χ1n) is 19.3. The Morgan fingerprint density at radius 3 is 1.74 bits per heavy atom. The number of para-hydroxylation sites is 1. The molecule has 0 fully saturated rings. The van der Waals surface area contributed by atoms with E-state index in [-0.39, 0.29) is 0 Å². The third-order valence-corrected chi connectivity index (χ3v) is 12.3. The van der Waals surface area contributed by atoms with Crippen molar-refractivity contribution in [2.45, 2.75) is 0 Å². The van der Waals surface area contributed by atoms with Gasteiger partial charge in [-0.15, -0.1) is 11.3 Å². The van der Waals surface area contributed by atoms with Crippen LogP contribution < -0.4 is 4.90 Å². The van der Waals surface area contributed by atoms with E-state index < -0.39 is 0 Å². The molecule has 3 heteroatoms. The van der Waals surface area contributed by atoms with Crippen LogP contribution in [0.4, 0.5) is 17.1 Å². The predicted molar refractivity (Wildman–Crippen MR) is 243 cm³/mol. The van der Waals surface area contributed by atoms with Crippen molar-refractivity contribution in [3.05, 3.63) is 212 Å². The highest BCUT2D eigenvalue weighted by Crippen LogP contribution is 2.49. The molecule has 11 aromatic rings. The lowest BCUT2D eigenvalue weighted by atomic mass is 9.87. The molecule has 0 saturated heterocycles. The summed E-state index contributed by atoms with van der Waals surface area (Å²) >= 11 is 1.85. The normalized spacial score (nSPS) is 11.5. The molecule has 2 aromatic heterocycles. The van der Waals surface area contributed by atoms with E-state index in [2.05, 4.69) is 205 Å². The van der Waals surface area contributed by atoms with E-state index in [4.69, 9.17) is 4.42 Å². The molecule has 0 bridgehead atoms. The molecule has 57 heavy (non-hydrogen) atoms. The van der Waals surface area contributed by atoms with Crippen LogP contribution in [0.5, 0.6) is 0 Å². The molecular formula is C54H35NOS. The number of hydrogen-bond donors (Lipinski definition) is 0. The van der Waals surface area contributed by atoms with Crippen LogP contribution >= 0.6 is 11.3 Å². The summed E-state index contributed by atoms with van der Waals surface area (Å²) in [7, 11) is 0. The van der Waals surface area contributed by atoms with Crippen molar-refractivity contribution in [1.29, 1.82) is 0 Å². The minimum Gasteiger partial charge on any atom is -0.456 e. The second kappa shape index (κ2) is 13.8. The minimum atomic E-state index is 0.858. The second-order valence-corrected chi connectivity index (χ2v) is 15.5. The molecule has 9 aromatic carbocycles. The van der Waals surface area contributed by atoms with Gasteiger partial charge in [-0.2, -0.15) is 0 Å². The third kappa shape index (κ3) is 5.80. The average Bonchev–Trinajstić information content (AvgIpc) is 3.85. The van der Waals surface area contributed by atoms with Gasteiger partial charge in [-0.25, -0.2) is 0 Å². The van der Waals surface area contributed by atoms with E-state index in [1.165, 1.54) is 53.6 Å². The van der Waals surface area contributed by atoms with Gasteiger partial charge in [0, 0.05) is 53.9 Å². The Bertz CT molecular complexity index is 3230. The molecule has 0 amide bonds. The van der Waals surface area contributed by atoms with Crippen molar-refractivity contribution in [2.24, 2.45) is 0 Å². The third-order valence-electron chi connectivity index (χ3n) is 11.1. The van der Waals surface area contributed by atoms with Crippen molar-refractivity contribution < 1.29 is 4.42 Å². The number of nitrogens with zero attached hydrogens (tertiary/aromatic N) is 1. The van der Waals surface area contributed by atoms with E-state index >= 15 is 0 Å². The van der Waals surface area contributed by atoms with Crippen LogP contribution in [0.3, 0.4) is 0 Å². The molecule has 0 saturated carbocycles. The Kier molecular flexibility index (Phi) is 8.04. The molecule has 2 heterocycles. The maximum absolute atomic E-state index is 6.51. The van der Waals surface area contributed by atoms with Crippen LogP contribution in [-0.4, -0.2) is 0 Å². The zero-order chi connectivity index (χ0) is 37.7. The lowest BCUT2D eigenvalue weighted by Crippen LogP contribution is -2.12. The molecule has 268 valence electrons. The Morgan fingerprint density at radius 2 is 0.930 bits per heavy atom. The summed E-state index contributed by atoms with van der Waals surface area (Å²) in [5.41, 5.74) is 14.3. The zero-order valence-electron chi connectivity index (χ0n) is 31.0. The summed E-state index contributed by atoms with van der Waals surface area (Å²) in [5, 5.41) is 4.84. The van der Waals surface area contributed by atoms with Gasteiger partial charge in [0.2, 0.25) is 0 Å². The van der Waals surface area contributed by atoms with Gasteiger partial charge in [0.1, 0.15) is 11.2 Å². The SMILES string of the molecule is c1ccc(-c2ccccc2-c2c(-c3ccccc3)cccc2N(c2ccc(-c3ccc4sc5ccccc5c4c3)cc2)c2ccc3c(c2)oc2ccccc23)cc1. The maximum atomic E-state index is 6.51. The number of thiophene rings is 1. The average molecular weight is 746 g/mol. The number of rotatable bonds is 7. The monoisotopic (exact) mass is 745 g/mol. The summed E-state index contributed by atoms with van der Waals surface area (Å²) in [6.45, 7) is 0. The van der Waals surface area contributed by atoms with Gasteiger partial charge in [-0.1, -0.05) is 152 Å². The van der Waals surface area contributed by atoms with Gasteiger partial charge in [-0.05, 0) is 93.5 Å². The summed E-state index contributed by atoms with van der Waals surface area (Å²) in [5.74, 6) is 0. The molecule has 0 unspecified atom stereocenters. The molecule has 0 atom stereocenters. The van der Waals surface area contributed by atoms with Crippen LogP contribution in [-0.2, 0) is 0 Å². The van der Waals surface area contributed by atoms with Gasteiger partial charge in [0.25, 0.3) is 0 Å². The van der Waals surface area contributed by atoms with E-state index in [0.717, 1.165) is 50.1 Å². The first-order valence-corrected chi connectivity index (χ1v) is 20.1. The Labute approximate surface area is 335 Å². The first kappa shape index (κ1) is 33.2. The summed E-state index contributed by atoms with van der Waals surface area (Å²) in [4.78, 5) is 2.40. The standard InChI is InChI=1S/C54H35NOS/c1-3-14-37(15-4-1)42-18-7-8-21-47(42)54-43(38-16-5-2-6-17-38)22-13-23-49(54)55(41-31-32-45-44-19-9-11-24-50(44)56-51(45)35-41)40-29-26-36(27-30-40)39-28-33-53-48(34-39)46-20-10-12-25-52(46)57-53/h1-35H.